The minimum absolute atomic E-state index is 0.0748. The average Bonchev–Trinajstić information content (AvgIpc) is 2.25. The van der Waals surface area contributed by atoms with Gasteiger partial charge in [-0.2, -0.15) is 0 Å². The van der Waals surface area contributed by atoms with Crippen LogP contribution in [-0.2, 0) is 6.61 Å². The van der Waals surface area contributed by atoms with E-state index in [-0.39, 0.29) is 12.3 Å². The monoisotopic (exact) mass is 227 g/mol. The molecule has 0 aliphatic heterocycles. The number of alkyl halides is 1. The Kier molecular flexibility index (Phi) is 4.27. The maximum absolute atomic E-state index is 10.7. The van der Waals surface area contributed by atoms with Crippen molar-refractivity contribution in [2.24, 2.45) is 0 Å². The Morgan fingerprint density at radius 3 is 2.80 bits per heavy atom. The average molecular weight is 228 g/mol. The highest BCUT2D eigenvalue weighted by Crippen LogP contribution is 2.21. The quantitative estimate of drug-likeness (QED) is 0.488. The van der Waals surface area contributed by atoms with E-state index in [2.05, 4.69) is 0 Å². The van der Waals surface area contributed by atoms with Gasteiger partial charge in [-0.15, -0.1) is 11.6 Å². The number of halogens is 1. The lowest BCUT2D eigenvalue weighted by Crippen LogP contribution is -1.95. The second-order valence-corrected chi connectivity index (χ2v) is 3.17. The van der Waals surface area contributed by atoms with Gasteiger partial charge in [0, 0.05) is 11.9 Å². The molecule has 1 N–H and O–H groups in total. The van der Waals surface area contributed by atoms with Crippen LogP contribution in [0.1, 0.15) is 11.1 Å². The number of aliphatic hydroxyl groups excluding tert-OH is 1. The van der Waals surface area contributed by atoms with E-state index >= 15 is 0 Å². The molecule has 0 aliphatic carbocycles. The first-order valence-corrected chi connectivity index (χ1v) is 4.83. The van der Waals surface area contributed by atoms with Crippen LogP contribution in [0.25, 0.3) is 6.08 Å². The van der Waals surface area contributed by atoms with Crippen molar-refractivity contribution in [1.29, 1.82) is 0 Å². The topological polar surface area (TPSA) is 63.4 Å². The lowest BCUT2D eigenvalue weighted by Gasteiger charge is -2.00. The van der Waals surface area contributed by atoms with Crippen molar-refractivity contribution in [1.82, 2.24) is 0 Å². The van der Waals surface area contributed by atoms with Crippen molar-refractivity contribution in [2.75, 3.05) is 5.88 Å². The normalized spacial score (nSPS) is 10.8. The van der Waals surface area contributed by atoms with Gasteiger partial charge < -0.3 is 5.11 Å². The Morgan fingerprint density at radius 1 is 1.53 bits per heavy atom. The van der Waals surface area contributed by atoms with E-state index in [4.69, 9.17) is 16.7 Å². The predicted molar refractivity (Wildman–Crippen MR) is 58.8 cm³/mol. The summed E-state index contributed by atoms with van der Waals surface area (Å²) < 4.78 is 0. The summed E-state index contributed by atoms with van der Waals surface area (Å²) in [5, 5.41) is 19.5. The van der Waals surface area contributed by atoms with Gasteiger partial charge in [-0.05, 0) is 11.6 Å². The summed E-state index contributed by atoms with van der Waals surface area (Å²) in [6.45, 7) is -0.337. The molecular formula is C10H10ClNO3. The number of rotatable bonds is 4. The third-order valence-electron chi connectivity index (χ3n) is 1.88. The van der Waals surface area contributed by atoms with E-state index in [0.29, 0.717) is 17.0 Å². The van der Waals surface area contributed by atoms with Crippen LogP contribution in [0, 0.1) is 10.1 Å². The van der Waals surface area contributed by atoms with Crippen molar-refractivity contribution in [2.45, 2.75) is 6.61 Å². The van der Waals surface area contributed by atoms with Crippen molar-refractivity contribution >= 4 is 23.4 Å². The van der Waals surface area contributed by atoms with Crippen LogP contribution >= 0.6 is 11.6 Å². The van der Waals surface area contributed by atoms with E-state index in [1.54, 1.807) is 18.2 Å². The van der Waals surface area contributed by atoms with Crippen molar-refractivity contribution in [3.63, 3.8) is 0 Å². The molecule has 1 aromatic rings. The highest BCUT2D eigenvalue weighted by molar-refractivity contribution is 6.19. The highest BCUT2D eigenvalue weighted by Gasteiger charge is 2.12. The Morgan fingerprint density at radius 2 is 2.27 bits per heavy atom. The molecule has 0 atom stereocenters. The summed E-state index contributed by atoms with van der Waals surface area (Å²) >= 11 is 5.45. The largest absolute Gasteiger partial charge is 0.391 e. The van der Waals surface area contributed by atoms with Crippen LogP contribution in [-0.4, -0.2) is 15.9 Å². The highest BCUT2D eigenvalue weighted by atomic mass is 35.5. The molecule has 0 fully saturated rings. The molecule has 0 bridgehead atoms. The number of aliphatic hydroxyl groups is 1. The Hall–Kier alpha value is -1.39. The lowest BCUT2D eigenvalue weighted by atomic mass is 10.1. The first-order valence-electron chi connectivity index (χ1n) is 4.29. The summed E-state index contributed by atoms with van der Waals surface area (Å²) in [5.41, 5.74) is 0.928. The molecular weight excluding hydrogens is 218 g/mol. The van der Waals surface area contributed by atoms with Crippen LogP contribution < -0.4 is 0 Å². The Labute approximate surface area is 92.0 Å². The molecule has 0 aromatic heterocycles. The summed E-state index contributed by atoms with van der Waals surface area (Å²) in [5.74, 6) is 0.357. The van der Waals surface area contributed by atoms with Gasteiger partial charge in [-0.25, -0.2) is 0 Å². The van der Waals surface area contributed by atoms with Crippen molar-refractivity contribution in [3.8, 4) is 0 Å². The van der Waals surface area contributed by atoms with Gasteiger partial charge in [0.25, 0.3) is 5.69 Å². The fourth-order valence-corrected chi connectivity index (χ4v) is 1.26. The van der Waals surface area contributed by atoms with E-state index in [1.807, 2.05) is 0 Å². The summed E-state index contributed by atoms with van der Waals surface area (Å²) in [7, 11) is 0. The van der Waals surface area contributed by atoms with E-state index in [9.17, 15) is 10.1 Å². The number of nitrogens with zero attached hydrogens (tertiary/aromatic N) is 1. The first-order chi connectivity index (χ1) is 7.19. The standard InChI is InChI=1S/C10H10ClNO3/c11-5-1-2-8-3-4-9(7-13)10(6-8)12(14)15/h1-4,6,13H,5,7H2. The molecule has 0 saturated heterocycles. The molecule has 0 heterocycles. The smallest absolute Gasteiger partial charge is 0.275 e. The minimum Gasteiger partial charge on any atom is -0.391 e. The van der Waals surface area contributed by atoms with E-state index in [1.165, 1.54) is 12.1 Å². The molecule has 1 rings (SSSR count). The summed E-state index contributed by atoms with van der Waals surface area (Å²) in [6, 6.07) is 4.64. The van der Waals surface area contributed by atoms with Gasteiger partial charge >= 0.3 is 0 Å². The predicted octanol–water partition coefficient (Wildman–Crippen LogP) is 2.34. The van der Waals surface area contributed by atoms with Crippen LogP contribution in [0.3, 0.4) is 0 Å². The van der Waals surface area contributed by atoms with Crippen LogP contribution in [0.15, 0.2) is 24.3 Å². The van der Waals surface area contributed by atoms with E-state index in [0.717, 1.165) is 0 Å². The molecule has 0 spiro atoms. The molecule has 0 amide bonds. The second kappa shape index (κ2) is 5.48. The lowest BCUT2D eigenvalue weighted by molar-refractivity contribution is -0.385. The molecule has 0 radical (unpaired) electrons. The zero-order valence-corrected chi connectivity index (χ0v) is 8.65. The Bertz CT molecular complexity index is 390. The molecule has 1 aromatic carbocycles. The van der Waals surface area contributed by atoms with Gasteiger partial charge in [0.05, 0.1) is 17.1 Å². The fraction of sp³-hybridized carbons (Fsp3) is 0.200. The first kappa shape index (κ1) is 11.7. The van der Waals surface area contributed by atoms with Gasteiger partial charge in [-0.1, -0.05) is 18.2 Å². The van der Waals surface area contributed by atoms with Crippen LogP contribution in [0.4, 0.5) is 5.69 Å². The maximum Gasteiger partial charge on any atom is 0.275 e. The maximum atomic E-state index is 10.7. The molecule has 80 valence electrons. The van der Waals surface area contributed by atoms with Crippen molar-refractivity contribution in [3.05, 3.63) is 45.5 Å². The number of nitro benzene ring substituents is 1. The SMILES string of the molecule is O=[N+]([O-])c1cc(C=CCCl)ccc1CO. The number of hydrogen-bond donors (Lipinski definition) is 1. The summed E-state index contributed by atoms with van der Waals surface area (Å²) in [6.07, 6.45) is 3.39. The second-order valence-electron chi connectivity index (χ2n) is 2.86. The molecule has 0 unspecified atom stereocenters. The van der Waals surface area contributed by atoms with E-state index < -0.39 is 4.92 Å². The van der Waals surface area contributed by atoms with Gasteiger partial charge in [-0.3, -0.25) is 10.1 Å². The van der Waals surface area contributed by atoms with Crippen LogP contribution in [0.2, 0.25) is 0 Å². The minimum atomic E-state index is -0.510. The zero-order chi connectivity index (χ0) is 11.3. The summed E-state index contributed by atoms with van der Waals surface area (Å²) in [4.78, 5) is 10.1. The molecule has 15 heavy (non-hydrogen) atoms. The zero-order valence-electron chi connectivity index (χ0n) is 7.89. The number of benzene rings is 1. The third kappa shape index (κ3) is 3.04. The van der Waals surface area contributed by atoms with Crippen molar-refractivity contribution < 1.29 is 10.0 Å². The van der Waals surface area contributed by atoms with Gasteiger partial charge in [0.1, 0.15) is 0 Å². The molecule has 0 aliphatic rings. The fourth-order valence-electron chi connectivity index (χ4n) is 1.17. The molecule has 0 saturated carbocycles. The third-order valence-corrected chi connectivity index (χ3v) is 2.05. The van der Waals surface area contributed by atoms with Gasteiger partial charge in [0.2, 0.25) is 0 Å². The number of nitro groups is 1. The van der Waals surface area contributed by atoms with Crippen LogP contribution in [0.5, 0.6) is 0 Å². The molecule has 4 nitrogen and oxygen atoms in total. The van der Waals surface area contributed by atoms with Gasteiger partial charge in [0.15, 0.2) is 0 Å². The number of hydrogen-bond acceptors (Lipinski definition) is 3. The number of allylic oxidation sites excluding steroid dienone is 1. The molecule has 5 heteroatoms. The Balaban J connectivity index is 3.10.